The van der Waals surface area contributed by atoms with E-state index in [4.69, 9.17) is 0 Å². The van der Waals surface area contributed by atoms with Crippen molar-refractivity contribution in [3.05, 3.63) is 0 Å². The van der Waals surface area contributed by atoms with Gasteiger partial charge in [-0.2, -0.15) is 0 Å². The molecule has 0 heteroatoms. The summed E-state index contributed by atoms with van der Waals surface area (Å²) in [4.78, 5) is 0. The smallest absolute Gasteiger partial charge is 0 e. The lowest BCUT2D eigenvalue weighted by atomic mass is 9.84. The van der Waals surface area contributed by atoms with Gasteiger partial charge in [-0.05, 0) is 23.7 Å². The molecule has 0 amide bonds. The Balaban J connectivity index is 0. The molecule has 0 rings (SSSR count). The van der Waals surface area contributed by atoms with Crippen molar-refractivity contribution in [2.24, 2.45) is 10.8 Å². The van der Waals surface area contributed by atoms with Crippen LogP contribution < -0.4 is 0 Å². The first-order chi connectivity index (χ1) is 4.71. The topological polar surface area (TPSA) is 0 Å². The van der Waals surface area contributed by atoms with Crippen molar-refractivity contribution in [1.29, 1.82) is 0 Å². The lowest BCUT2D eigenvalue weighted by Crippen LogP contribution is -2.09. The Morgan fingerprint density at radius 1 is 0.727 bits per heavy atom. The summed E-state index contributed by atoms with van der Waals surface area (Å²) in [5.74, 6) is 0. The van der Waals surface area contributed by atoms with Crippen molar-refractivity contribution in [3.63, 3.8) is 0 Å². The predicted molar refractivity (Wildman–Crippen MR) is 54.9 cm³/mol. The van der Waals surface area contributed by atoms with E-state index in [2.05, 4.69) is 41.5 Å². The molecular weight excluding hydrogens is 132 g/mol. The minimum absolute atomic E-state index is 0. The summed E-state index contributed by atoms with van der Waals surface area (Å²) < 4.78 is 0. The van der Waals surface area contributed by atoms with E-state index in [9.17, 15) is 0 Å². The first-order valence-electron chi connectivity index (χ1n) is 4.71. The average molecular weight is 158 g/mol. The maximum Gasteiger partial charge on any atom is 0 e. The molecule has 0 heterocycles. The molecule has 0 aliphatic rings. The van der Waals surface area contributed by atoms with Crippen LogP contribution in [0.25, 0.3) is 0 Å². The van der Waals surface area contributed by atoms with Crippen LogP contribution in [-0.2, 0) is 0 Å². The molecule has 0 aromatic heterocycles. The SMILES string of the molecule is CC(C)(C)CCCC(C)(C)C.[HH]. The predicted octanol–water partition coefficient (Wildman–Crippen LogP) is 4.49. The maximum atomic E-state index is 2.32. The first kappa shape index (κ1) is 11.0. The van der Waals surface area contributed by atoms with Crippen LogP contribution in [0.4, 0.5) is 0 Å². The Morgan fingerprint density at radius 2 is 1.00 bits per heavy atom. The molecule has 0 bridgehead atoms. The van der Waals surface area contributed by atoms with Gasteiger partial charge >= 0.3 is 0 Å². The van der Waals surface area contributed by atoms with Crippen LogP contribution in [0.15, 0.2) is 0 Å². The molecule has 0 saturated heterocycles. The molecule has 0 saturated carbocycles. The molecule has 0 spiro atoms. The third-order valence-electron chi connectivity index (χ3n) is 1.85. The number of hydrogen-bond acceptors (Lipinski definition) is 0. The van der Waals surface area contributed by atoms with Crippen LogP contribution >= 0.6 is 0 Å². The van der Waals surface area contributed by atoms with E-state index in [0.717, 1.165) is 0 Å². The zero-order valence-electron chi connectivity index (χ0n) is 9.12. The summed E-state index contributed by atoms with van der Waals surface area (Å²) in [6.45, 7) is 13.9. The average Bonchev–Trinajstić information content (AvgIpc) is 1.55. The van der Waals surface area contributed by atoms with Gasteiger partial charge in [0, 0.05) is 1.43 Å². The zero-order chi connectivity index (χ0) is 9.12. The lowest BCUT2D eigenvalue weighted by molar-refractivity contribution is 0.301. The molecule has 70 valence electrons. The van der Waals surface area contributed by atoms with Gasteiger partial charge in [0.05, 0.1) is 0 Å². The van der Waals surface area contributed by atoms with Crippen molar-refractivity contribution in [1.82, 2.24) is 0 Å². The second-order valence-electron chi connectivity index (χ2n) is 5.97. The Bertz CT molecular complexity index is 89.2. The number of rotatable bonds is 2. The number of hydrogen-bond donors (Lipinski definition) is 0. The van der Waals surface area contributed by atoms with Gasteiger partial charge in [-0.3, -0.25) is 0 Å². The Morgan fingerprint density at radius 3 is 1.18 bits per heavy atom. The Labute approximate surface area is 73.9 Å². The van der Waals surface area contributed by atoms with Gasteiger partial charge in [0.1, 0.15) is 0 Å². The highest BCUT2D eigenvalue weighted by Crippen LogP contribution is 2.27. The van der Waals surface area contributed by atoms with Crippen LogP contribution in [0.1, 0.15) is 62.2 Å². The molecule has 0 radical (unpaired) electrons. The zero-order valence-corrected chi connectivity index (χ0v) is 9.12. The standard InChI is InChI=1S/C11H24.H2/c1-10(2,3)8-7-9-11(4,5)6;/h7-9H2,1-6H3;1H. The summed E-state index contributed by atoms with van der Waals surface area (Å²) in [6.07, 6.45) is 4.07. The van der Waals surface area contributed by atoms with Gasteiger partial charge in [-0.1, -0.05) is 48.0 Å². The van der Waals surface area contributed by atoms with Crippen molar-refractivity contribution >= 4 is 0 Å². The van der Waals surface area contributed by atoms with E-state index >= 15 is 0 Å². The molecule has 0 nitrogen and oxygen atoms in total. The van der Waals surface area contributed by atoms with Gasteiger partial charge in [0.15, 0.2) is 0 Å². The highest BCUT2D eigenvalue weighted by Gasteiger charge is 2.13. The fraction of sp³-hybridized carbons (Fsp3) is 1.00. The second kappa shape index (κ2) is 3.60. The third kappa shape index (κ3) is 10.0. The molecule has 0 aliphatic heterocycles. The fourth-order valence-corrected chi connectivity index (χ4v) is 1.15. The summed E-state index contributed by atoms with van der Waals surface area (Å²) in [5, 5.41) is 0. The van der Waals surface area contributed by atoms with Crippen molar-refractivity contribution in [2.45, 2.75) is 60.8 Å². The molecule has 0 aromatic rings. The monoisotopic (exact) mass is 158 g/mol. The lowest BCUT2D eigenvalue weighted by Gasteiger charge is -2.22. The highest BCUT2D eigenvalue weighted by molar-refractivity contribution is 4.66. The molecule has 0 fully saturated rings. The fourth-order valence-electron chi connectivity index (χ4n) is 1.15. The molecule has 0 unspecified atom stereocenters. The van der Waals surface area contributed by atoms with Gasteiger partial charge in [0.25, 0.3) is 0 Å². The van der Waals surface area contributed by atoms with Crippen molar-refractivity contribution in [3.8, 4) is 0 Å². The second-order valence-corrected chi connectivity index (χ2v) is 5.97. The summed E-state index contributed by atoms with van der Waals surface area (Å²) in [5.41, 5.74) is 1.04. The maximum absolute atomic E-state index is 2.32. The normalized spacial score (nSPS) is 13.6. The van der Waals surface area contributed by atoms with E-state index in [1.807, 2.05) is 0 Å². The van der Waals surface area contributed by atoms with E-state index in [-0.39, 0.29) is 1.43 Å². The van der Waals surface area contributed by atoms with Gasteiger partial charge in [-0.25, -0.2) is 0 Å². The van der Waals surface area contributed by atoms with E-state index in [0.29, 0.717) is 10.8 Å². The van der Waals surface area contributed by atoms with Crippen LogP contribution in [0.2, 0.25) is 0 Å². The Kier molecular flexibility index (Phi) is 3.60. The quantitative estimate of drug-likeness (QED) is 0.555. The molecule has 0 atom stereocenters. The molecule has 0 aliphatic carbocycles. The molecule has 11 heavy (non-hydrogen) atoms. The van der Waals surface area contributed by atoms with E-state index < -0.39 is 0 Å². The van der Waals surface area contributed by atoms with Crippen LogP contribution in [-0.4, -0.2) is 0 Å². The summed E-state index contributed by atoms with van der Waals surface area (Å²) in [7, 11) is 0. The third-order valence-corrected chi connectivity index (χ3v) is 1.85. The molecular formula is C11H26. The highest BCUT2D eigenvalue weighted by atomic mass is 14.2. The molecule has 0 aromatic carbocycles. The Hall–Kier alpha value is 0. The molecule has 0 N–H and O–H groups in total. The van der Waals surface area contributed by atoms with Crippen molar-refractivity contribution < 1.29 is 1.43 Å². The van der Waals surface area contributed by atoms with Crippen molar-refractivity contribution in [2.75, 3.05) is 0 Å². The van der Waals surface area contributed by atoms with E-state index in [1.165, 1.54) is 19.3 Å². The van der Waals surface area contributed by atoms with Crippen LogP contribution in [0.3, 0.4) is 0 Å². The summed E-state index contributed by atoms with van der Waals surface area (Å²) in [6, 6.07) is 0. The van der Waals surface area contributed by atoms with Gasteiger partial charge in [0.2, 0.25) is 0 Å². The van der Waals surface area contributed by atoms with Gasteiger partial charge < -0.3 is 0 Å². The first-order valence-corrected chi connectivity index (χ1v) is 4.71. The largest absolute Gasteiger partial charge is 0.0602 e. The van der Waals surface area contributed by atoms with E-state index in [1.54, 1.807) is 0 Å². The minimum atomic E-state index is 0. The van der Waals surface area contributed by atoms with Crippen LogP contribution in [0, 0.1) is 10.8 Å². The summed E-state index contributed by atoms with van der Waals surface area (Å²) >= 11 is 0. The van der Waals surface area contributed by atoms with Crippen LogP contribution in [0.5, 0.6) is 0 Å². The minimum Gasteiger partial charge on any atom is -0.0602 e. The van der Waals surface area contributed by atoms with Gasteiger partial charge in [-0.15, -0.1) is 0 Å².